The van der Waals surface area contributed by atoms with E-state index in [9.17, 15) is 14.9 Å². The first-order valence-electron chi connectivity index (χ1n) is 8.47. The van der Waals surface area contributed by atoms with Crippen molar-refractivity contribution in [2.75, 3.05) is 20.8 Å². The standard InChI is InChI=1S/C19H19N3O5S/c1-12(19-20-14-6-4-5-7-17(14)28-19)21(2)18(23)11-27-16-10-13(22(24)25)8-9-15(16)26-3/h4-10,12H,11H2,1-3H3/t12-/m0/s1. The van der Waals surface area contributed by atoms with Gasteiger partial charge >= 0.3 is 0 Å². The van der Waals surface area contributed by atoms with Crippen molar-refractivity contribution in [3.05, 3.63) is 57.6 Å². The molecule has 2 aromatic carbocycles. The first-order valence-corrected chi connectivity index (χ1v) is 9.28. The second-order valence-corrected chi connectivity index (χ2v) is 7.14. The minimum absolute atomic E-state index is 0.139. The van der Waals surface area contributed by atoms with Gasteiger partial charge in [0.25, 0.3) is 11.6 Å². The second-order valence-electron chi connectivity index (χ2n) is 6.08. The Balaban J connectivity index is 1.70. The van der Waals surface area contributed by atoms with Crippen molar-refractivity contribution in [3.63, 3.8) is 0 Å². The number of benzene rings is 2. The molecule has 0 saturated carbocycles. The van der Waals surface area contributed by atoms with Crippen molar-refractivity contribution in [1.82, 2.24) is 9.88 Å². The van der Waals surface area contributed by atoms with Crippen LogP contribution in [0.5, 0.6) is 11.5 Å². The number of methoxy groups -OCH3 is 1. The number of fused-ring (bicyclic) bond motifs is 1. The summed E-state index contributed by atoms with van der Waals surface area (Å²) in [5, 5.41) is 11.8. The highest BCUT2D eigenvalue weighted by molar-refractivity contribution is 7.18. The van der Waals surface area contributed by atoms with Crippen molar-refractivity contribution >= 4 is 33.1 Å². The highest BCUT2D eigenvalue weighted by atomic mass is 32.1. The number of para-hydroxylation sites is 1. The monoisotopic (exact) mass is 401 g/mol. The normalized spacial score (nSPS) is 11.8. The molecule has 0 spiro atoms. The zero-order valence-electron chi connectivity index (χ0n) is 15.6. The topological polar surface area (TPSA) is 94.8 Å². The molecule has 9 heteroatoms. The summed E-state index contributed by atoms with van der Waals surface area (Å²) in [6.45, 7) is 1.62. The highest BCUT2D eigenvalue weighted by Gasteiger charge is 2.22. The van der Waals surface area contributed by atoms with E-state index in [0.717, 1.165) is 15.2 Å². The molecule has 0 bridgehead atoms. The molecule has 0 unspecified atom stereocenters. The van der Waals surface area contributed by atoms with Gasteiger partial charge in [-0.1, -0.05) is 12.1 Å². The van der Waals surface area contributed by atoms with Crippen molar-refractivity contribution in [2.24, 2.45) is 0 Å². The zero-order valence-corrected chi connectivity index (χ0v) is 16.4. The number of nitro benzene ring substituents is 1. The van der Waals surface area contributed by atoms with Crippen LogP contribution in [0.15, 0.2) is 42.5 Å². The van der Waals surface area contributed by atoms with Crippen LogP contribution in [0.4, 0.5) is 5.69 Å². The molecule has 146 valence electrons. The smallest absolute Gasteiger partial charge is 0.273 e. The van der Waals surface area contributed by atoms with E-state index in [1.807, 2.05) is 31.2 Å². The summed E-state index contributed by atoms with van der Waals surface area (Å²) < 4.78 is 11.7. The molecule has 0 fully saturated rings. The Morgan fingerprint density at radius 3 is 2.71 bits per heavy atom. The van der Waals surface area contributed by atoms with Gasteiger partial charge in [0.15, 0.2) is 18.1 Å². The molecule has 0 aliphatic heterocycles. The fourth-order valence-electron chi connectivity index (χ4n) is 2.58. The maximum Gasteiger partial charge on any atom is 0.273 e. The van der Waals surface area contributed by atoms with E-state index in [1.54, 1.807) is 11.9 Å². The summed E-state index contributed by atoms with van der Waals surface area (Å²) in [6.07, 6.45) is 0. The summed E-state index contributed by atoms with van der Waals surface area (Å²) in [5.41, 5.74) is 0.757. The quantitative estimate of drug-likeness (QED) is 0.441. The summed E-state index contributed by atoms with van der Waals surface area (Å²) in [5.74, 6) is 0.187. The van der Waals surface area contributed by atoms with Crippen LogP contribution in [-0.4, -0.2) is 41.5 Å². The molecule has 0 radical (unpaired) electrons. The number of hydrogen-bond acceptors (Lipinski definition) is 7. The molecular weight excluding hydrogens is 382 g/mol. The third-order valence-electron chi connectivity index (χ3n) is 4.35. The Bertz CT molecular complexity index is 987. The average Bonchev–Trinajstić information content (AvgIpc) is 3.14. The van der Waals surface area contributed by atoms with Crippen molar-refractivity contribution in [2.45, 2.75) is 13.0 Å². The number of non-ortho nitro benzene ring substituents is 1. The number of amides is 1. The molecule has 0 saturated heterocycles. The van der Waals surface area contributed by atoms with Gasteiger partial charge in [0.1, 0.15) is 5.01 Å². The van der Waals surface area contributed by atoms with Gasteiger partial charge in [-0.25, -0.2) is 4.98 Å². The lowest BCUT2D eigenvalue weighted by Gasteiger charge is -2.23. The number of nitrogens with zero attached hydrogens (tertiary/aromatic N) is 3. The average molecular weight is 401 g/mol. The van der Waals surface area contributed by atoms with Crippen LogP contribution in [0.25, 0.3) is 10.2 Å². The second kappa shape index (κ2) is 8.22. The van der Waals surface area contributed by atoms with E-state index in [0.29, 0.717) is 5.75 Å². The van der Waals surface area contributed by atoms with Crippen LogP contribution in [0, 0.1) is 10.1 Å². The Labute approximate surface area is 165 Å². The van der Waals surface area contributed by atoms with Crippen LogP contribution in [0.3, 0.4) is 0 Å². The molecule has 1 atom stereocenters. The van der Waals surface area contributed by atoms with Gasteiger partial charge in [-0.2, -0.15) is 0 Å². The number of ether oxygens (including phenoxy) is 2. The molecule has 3 rings (SSSR count). The molecule has 8 nitrogen and oxygen atoms in total. The molecule has 0 N–H and O–H groups in total. The Hall–Kier alpha value is -3.20. The highest BCUT2D eigenvalue weighted by Crippen LogP contribution is 2.32. The molecule has 0 aliphatic rings. The lowest BCUT2D eigenvalue weighted by Crippen LogP contribution is -2.33. The minimum Gasteiger partial charge on any atom is -0.493 e. The summed E-state index contributed by atoms with van der Waals surface area (Å²) >= 11 is 1.54. The predicted molar refractivity (Wildman–Crippen MR) is 106 cm³/mol. The molecule has 28 heavy (non-hydrogen) atoms. The van der Waals surface area contributed by atoms with Gasteiger partial charge in [0.2, 0.25) is 0 Å². The number of likely N-dealkylation sites (N-methyl/N-ethyl adjacent to an activating group) is 1. The van der Waals surface area contributed by atoms with Gasteiger partial charge in [-0.05, 0) is 25.1 Å². The Kier molecular flexibility index (Phi) is 5.74. The van der Waals surface area contributed by atoms with E-state index >= 15 is 0 Å². The van der Waals surface area contributed by atoms with Crippen molar-refractivity contribution < 1.29 is 19.2 Å². The van der Waals surface area contributed by atoms with E-state index in [1.165, 1.54) is 36.6 Å². The third kappa shape index (κ3) is 4.04. The molecule has 1 amide bonds. The Morgan fingerprint density at radius 2 is 2.04 bits per heavy atom. The Morgan fingerprint density at radius 1 is 1.29 bits per heavy atom. The number of aromatic nitrogens is 1. The fourth-order valence-corrected chi connectivity index (χ4v) is 3.65. The van der Waals surface area contributed by atoms with Crippen LogP contribution >= 0.6 is 11.3 Å². The van der Waals surface area contributed by atoms with Crippen molar-refractivity contribution in [1.29, 1.82) is 0 Å². The number of rotatable bonds is 7. The zero-order chi connectivity index (χ0) is 20.3. The lowest BCUT2D eigenvalue weighted by atomic mass is 10.3. The van der Waals surface area contributed by atoms with Gasteiger partial charge < -0.3 is 14.4 Å². The molecule has 1 aromatic heterocycles. The number of hydrogen-bond donors (Lipinski definition) is 0. The van der Waals surface area contributed by atoms with Crippen molar-refractivity contribution in [3.8, 4) is 11.5 Å². The number of thiazole rings is 1. The summed E-state index contributed by atoms with van der Waals surface area (Å²) in [6, 6.07) is 11.5. The van der Waals surface area contributed by atoms with Crippen LogP contribution in [0.2, 0.25) is 0 Å². The van der Waals surface area contributed by atoms with Gasteiger partial charge in [-0.15, -0.1) is 11.3 Å². The number of nitro groups is 1. The SMILES string of the molecule is COc1ccc([N+](=O)[O-])cc1OCC(=O)N(C)[C@@H](C)c1nc2ccccc2s1. The van der Waals surface area contributed by atoms with E-state index in [2.05, 4.69) is 4.98 Å². The summed E-state index contributed by atoms with van der Waals surface area (Å²) in [4.78, 5) is 29.1. The van der Waals surface area contributed by atoms with Crippen LogP contribution in [0.1, 0.15) is 18.0 Å². The van der Waals surface area contributed by atoms with Crippen LogP contribution < -0.4 is 9.47 Å². The number of carbonyl (C=O) groups excluding carboxylic acids is 1. The predicted octanol–water partition coefficient (Wildman–Crippen LogP) is 3.81. The van der Waals surface area contributed by atoms with E-state index in [-0.39, 0.29) is 30.0 Å². The molecule has 3 aromatic rings. The summed E-state index contributed by atoms with van der Waals surface area (Å²) in [7, 11) is 3.10. The van der Waals surface area contributed by atoms with Gasteiger partial charge in [0, 0.05) is 13.1 Å². The maximum absolute atomic E-state index is 12.6. The number of carbonyl (C=O) groups is 1. The van der Waals surface area contributed by atoms with Gasteiger partial charge in [-0.3, -0.25) is 14.9 Å². The van der Waals surface area contributed by atoms with E-state index in [4.69, 9.17) is 9.47 Å². The van der Waals surface area contributed by atoms with E-state index < -0.39 is 4.92 Å². The first-order chi connectivity index (χ1) is 13.4. The largest absolute Gasteiger partial charge is 0.493 e. The van der Waals surface area contributed by atoms with Crippen LogP contribution in [-0.2, 0) is 4.79 Å². The first kappa shape index (κ1) is 19.6. The molecule has 0 aliphatic carbocycles. The fraction of sp³-hybridized carbons (Fsp3) is 0.263. The third-order valence-corrected chi connectivity index (χ3v) is 5.56. The minimum atomic E-state index is -0.532. The lowest BCUT2D eigenvalue weighted by molar-refractivity contribution is -0.385. The molecule has 1 heterocycles. The van der Waals surface area contributed by atoms with Gasteiger partial charge in [0.05, 0.1) is 34.4 Å². The molecular formula is C19H19N3O5S. The maximum atomic E-state index is 12.6.